The first-order valence-electron chi connectivity index (χ1n) is 4.35. The molecule has 80 valence electrons. The largest absolute Gasteiger partial charge is 0.370 e. The first-order valence-corrected chi connectivity index (χ1v) is 4.35. The highest BCUT2D eigenvalue weighted by atomic mass is 15.1. The predicted molar refractivity (Wildman–Crippen MR) is 61.4 cm³/mol. The van der Waals surface area contributed by atoms with Gasteiger partial charge in [0, 0.05) is 6.54 Å². The van der Waals surface area contributed by atoms with Crippen LogP contribution in [0.25, 0.3) is 0 Å². The van der Waals surface area contributed by atoms with Crippen LogP contribution in [-0.2, 0) is 6.54 Å². The van der Waals surface area contributed by atoms with Gasteiger partial charge in [0.05, 0.1) is 5.69 Å². The Kier molecular flexibility index (Phi) is 3.64. The highest BCUT2D eigenvalue weighted by Gasteiger charge is 1.98. The third-order valence-corrected chi connectivity index (χ3v) is 1.69. The number of hydrogen-bond donors (Lipinski definition) is 4. The molecule has 0 heterocycles. The fraction of sp³-hybridized carbons (Fsp3) is 0.111. The molecule has 0 spiro atoms. The number of benzene rings is 1. The van der Waals surface area contributed by atoms with E-state index in [1.54, 1.807) is 6.07 Å². The van der Waals surface area contributed by atoms with E-state index in [1.165, 1.54) is 0 Å². The van der Waals surface area contributed by atoms with Crippen molar-refractivity contribution in [2.75, 3.05) is 0 Å². The maximum atomic E-state index is 5.53. The SMILES string of the molecule is NCc1ccccc1N=C(N)N=C(N)N. The fourth-order valence-corrected chi connectivity index (χ4v) is 1.07. The quantitative estimate of drug-likeness (QED) is 0.379. The molecule has 15 heavy (non-hydrogen) atoms. The van der Waals surface area contributed by atoms with E-state index < -0.39 is 0 Å². The van der Waals surface area contributed by atoms with Crippen molar-refractivity contribution in [1.29, 1.82) is 0 Å². The Hall–Kier alpha value is -2.08. The van der Waals surface area contributed by atoms with Gasteiger partial charge < -0.3 is 22.9 Å². The summed E-state index contributed by atoms with van der Waals surface area (Å²) >= 11 is 0. The lowest BCUT2D eigenvalue weighted by molar-refractivity contribution is 1.07. The van der Waals surface area contributed by atoms with Crippen molar-refractivity contribution in [3.05, 3.63) is 29.8 Å². The molecule has 1 rings (SSSR count). The Bertz CT molecular complexity index is 391. The molecule has 0 unspecified atom stereocenters. The summed E-state index contributed by atoms with van der Waals surface area (Å²) in [5.41, 5.74) is 22.9. The molecule has 0 bridgehead atoms. The van der Waals surface area contributed by atoms with E-state index in [-0.39, 0.29) is 11.9 Å². The van der Waals surface area contributed by atoms with Gasteiger partial charge in [-0.25, -0.2) is 4.99 Å². The number of rotatable bonds is 2. The normalized spacial score (nSPS) is 11.1. The van der Waals surface area contributed by atoms with E-state index in [2.05, 4.69) is 9.98 Å². The van der Waals surface area contributed by atoms with Crippen LogP contribution in [0, 0.1) is 0 Å². The van der Waals surface area contributed by atoms with Crippen LogP contribution in [0.1, 0.15) is 5.56 Å². The molecule has 0 saturated heterocycles. The number of guanidine groups is 2. The van der Waals surface area contributed by atoms with E-state index in [4.69, 9.17) is 22.9 Å². The zero-order valence-electron chi connectivity index (χ0n) is 8.22. The van der Waals surface area contributed by atoms with E-state index in [1.807, 2.05) is 18.2 Å². The molecule has 6 heteroatoms. The summed E-state index contributed by atoms with van der Waals surface area (Å²) in [7, 11) is 0. The Morgan fingerprint density at radius 1 is 1.13 bits per heavy atom. The minimum atomic E-state index is -0.124. The van der Waals surface area contributed by atoms with Crippen LogP contribution < -0.4 is 22.9 Å². The van der Waals surface area contributed by atoms with Crippen LogP contribution in [0.15, 0.2) is 34.3 Å². The van der Waals surface area contributed by atoms with E-state index >= 15 is 0 Å². The first-order chi connectivity index (χ1) is 7.13. The minimum Gasteiger partial charge on any atom is -0.370 e. The van der Waals surface area contributed by atoms with Crippen molar-refractivity contribution in [2.45, 2.75) is 6.54 Å². The molecule has 0 amide bonds. The molecule has 0 atom stereocenters. The number of hydrogen-bond acceptors (Lipinski definition) is 2. The van der Waals surface area contributed by atoms with Gasteiger partial charge in [-0.1, -0.05) is 18.2 Å². The van der Waals surface area contributed by atoms with Crippen molar-refractivity contribution in [1.82, 2.24) is 0 Å². The summed E-state index contributed by atoms with van der Waals surface area (Å²) in [5.74, 6) is -0.114. The maximum absolute atomic E-state index is 5.53. The van der Waals surface area contributed by atoms with Crippen LogP contribution in [0.4, 0.5) is 5.69 Å². The number of nitrogens with two attached hydrogens (primary N) is 4. The highest BCUT2D eigenvalue weighted by Crippen LogP contribution is 2.17. The average molecular weight is 206 g/mol. The summed E-state index contributed by atoms with van der Waals surface area (Å²) in [4.78, 5) is 7.64. The topological polar surface area (TPSA) is 129 Å². The second kappa shape index (κ2) is 4.97. The lowest BCUT2D eigenvalue weighted by Crippen LogP contribution is -2.26. The summed E-state index contributed by atoms with van der Waals surface area (Å²) in [6.07, 6.45) is 0. The van der Waals surface area contributed by atoms with Crippen LogP contribution in [0.2, 0.25) is 0 Å². The Balaban J connectivity index is 3.02. The van der Waals surface area contributed by atoms with Crippen molar-refractivity contribution in [3.63, 3.8) is 0 Å². The summed E-state index contributed by atoms with van der Waals surface area (Å²) in [6, 6.07) is 7.36. The molecular weight excluding hydrogens is 192 g/mol. The lowest BCUT2D eigenvalue weighted by Gasteiger charge is -2.02. The maximum Gasteiger partial charge on any atom is 0.223 e. The molecule has 0 fully saturated rings. The lowest BCUT2D eigenvalue weighted by atomic mass is 10.2. The number of para-hydroxylation sites is 1. The van der Waals surface area contributed by atoms with E-state index in [0.29, 0.717) is 12.2 Å². The summed E-state index contributed by atoms with van der Waals surface area (Å²) < 4.78 is 0. The molecule has 1 aromatic rings. The van der Waals surface area contributed by atoms with Crippen LogP contribution in [0.3, 0.4) is 0 Å². The van der Waals surface area contributed by atoms with Gasteiger partial charge in [-0.15, -0.1) is 0 Å². The zero-order chi connectivity index (χ0) is 11.3. The van der Waals surface area contributed by atoms with E-state index in [0.717, 1.165) is 5.56 Å². The van der Waals surface area contributed by atoms with Gasteiger partial charge >= 0.3 is 0 Å². The molecule has 0 aliphatic heterocycles. The molecule has 1 aromatic carbocycles. The summed E-state index contributed by atoms with van der Waals surface area (Å²) in [5, 5.41) is 0. The van der Waals surface area contributed by atoms with Crippen LogP contribution in [0.5, 0.6) is 0 Å². The second-order valence-corrected chi connectivity index (χ2v) is 2.84. The van der Waals surface area contributed by atoms with Gasteiger partial charge in [0.1, 0.15) is 0 Å². The minimum absolute atomic E-state index is 0.0101. The van der Waals surface area contributed by atoms with E-state index in [9.17, 15) is 0 Å². The average Bonchev–Trinajstić information content (AvgIpc) is 2.17. The van der Waals surface area contributed by atoms with Crippen molar-refractivity contribution >= 4 is 17.6 Å². The standard InChI is InChI=1S/C9H14N6/c10-5-6-3-1-2-4-7(6)14-9(13)15-8(11)12/h1-4H,5,10H2,(H6,11,12,13,14,15). The molecule has 0 aliphatic rings. The zero-order valence-corrected chi connectivity index (χ0v) is 8.22. The van der Waals surface area contributed by atoms with Gasteiger partial charge in [0.25, 0.3) is 0 Å². The third-order valence-electron chi connectivity index (χ3n) is 1.69. The highest BCUT2D eigenvalue weighted by molar-refractivity contribution is 5.93. The van der Waals surface area contributed by atoms with Crippen LogP contribution >= 0.6 is 0 Å². The Labute approximate surface area is 87.7 Å². The molecular formula is C9H14N6. The Morgan fingerprint density at radius 2 is 1.80 bits per heavy atom. The van der Waals surface area contributed by atoms with Gasteiger partial charge in [-0.05, 0) is 11.6 Å². The van der Waals surface area contributed by atoms with Gasteiger partial charge in [0.15, 0.2) is 5.96 Å². The smallest absolute Gasteiger partial charge is 0.223 e. The predicted octanol–water partition coefficient (Wildman–Crippen LogP) is -0.635. The van der Waals surface area contributed by atoms with Crippen molar-refractivity contribution < 1.29 is 0 Å². The molecule has 0 aliphatic carbocycles. The molecule has 0 aromatic heterocycles. The van der Waals surface area contributed by atoms with Crippen molar-refractivity contribution in [3.8, 4) is 0 Å². The fourth-order valence-electron chi connectivity index (χ4n) is 1.07. The van der Waals surface area contributed by atoms with Crippen molar-refractivity contribution in [2.24, 2.45) is 32.9 Å². The second-order valence-electron chi connectivity index (χ2n) is 2.84. The molecule has 8 N–H and O–H groups in total. The first kappa shape index (κ1) is 11.0. The van der Waals surface area contributed by atoms with Gasteiger partial charge in [0.2, 0.25) is 5.96 Å². The molecule has 0 radical (unpaired) electrons. The summed E-state index contributed by atoms with van der Waals surface area (Å²) in [6.45, 7) is 0.384. The third kappa shape index (κ3) is 3.28. The number of nitrogens with zero attached hydrogens (tertiary/aromatic N) is 2. The van der Waals surface area contributed by atoms with Crippen LogP contribution in [-0.4, -0.2) is 11.9 Å². The number of aliphatic imine (C=N–C) groups is 2. The monoisotopic (exact) mass is 206 g/mol. The molecule has 6 nitrogen and oxygen atoms in total. The van der Waals surface area contributed by atoms with Gasteiger partial charge in [-0.3, -0.25) is 0 Å². The Morgan fingerprint density at radius 3 is 2.40 bits per heavy atom. The van der Waals surface area contributed by atoms with Gasteiger partial charge in [-0.2, -0.15) is 4.99 Å². The molecule has 0 saturated carbocycles.